The summed E-state index contributed by atoms with van der Waals surface area (Å²) in [4.78, 5) is 4.05. The van der Waals surface area contributed by atoms with Crippen LogP contribution in [0.5, 0.6) is 0 Å². The highest BCUT2D eigenvalue weighted by molar-refractivity contribution is 5.63. The lowest BCUT2D eigenvalue weighted by Crippen LogP contribution is -2.30. The quantitative estimate of drug-likeness (QED) is 0.702. The molecule has 0 radical (unpaired) electrons. The molecule has 1 rings (SSSR count). The average Bonchev–Trinajstić information content (AvgIpc) is 2.26. The van der Waals surface area contributed by atoms with E-state index >= 15 is 0 Å². The molecule has 86 valence electrons. The van der Waals surface area contributed by atoms with Crippen molar-refractivity contribution in [3.05, 3.63) is 17.8 Å². The predicted molar refractivity (Wildman–Crippen MR) is 62.7 cm³/mol. The summed E-state index contributed by atoms with van der Waals surface area (Å²) >= 11 is 0. The standard InChI is InChI=1S/C11H16N4O/c1-7(2)10(6-16)15-11-9(13)3-8(4-12)5-14-11/h3,5,7,10,16H,6,13H2,1-2H3,(H,14,15). The molecule has 0 fully saturated rings. The Hall–Kier alpha value is -1.80. The first-order chi connectivity index (χ1) is 7.58. The van der Waals surface area contributed by atoms with Gasteiger partial charge >= 0.3 is 0 Å². The van der Waals surface area contributed by atoms with Crippen LogP contribution < -0.4 is 11.1 Å². The van der Waals surface area contributed by atoms with Gasteiger partial charge in [-0.1, -0.05) is 13.8 Å². The zero-order valence-electron chi connectivity index (χ0n) is 9.44. The Kier molecular flexibility index (Phi) is 4.09. The van der Waals surface area contributed by atoms with Crippen LogP contribution in [0.15, 0.2) is 12.3 Å². The summed E-state index contributed by atoms with van der Waals surface area (Å²) < 4.78 is 0. The van der Waals surface area contributed by atoms with Crippen LogP contribution in [0.3, 0.4) is 0 Å². The molecule has 4 N–H and O–H groups in total. The van der Waals surface area contributed by atoms with E-state index in [-0.39, 0.29) is 18.6 Å². The number of nitrogens with zero attached hydrogens (tertiary/aromatic N) is 2. The van der Waals surface area contributed by atoms with Crippen molar-refractivity contribution in [1.29, 1.82) is 5.26 Å². The van der Waals surface area contributed by atoms with Gasteiger partial charge in [-0.3, -0.25) is 0 Å². The van der Waals surface area contributed by atoms with Gasteiger partial charge in [0.1, 0.15) is 11.9 Å². The molecule has 0 aliphatic carbocycles. The Morgan fingerprint density at radius 3 is 2.75 bits per heavy atom. The van der Waals surface area contributed by atoms with Crippen molar-refractivity contribution in [3.63, 3.8) is 0 Å². The molecule has 0 bridgehead atoms. The fraction of sp³-hybridized carbons (Fsp3) is 0.455. The lowest BCUT2D eigenvalue weighted by molar-refractivity contribution is 0.249. The molecule has 1 heterocycles. The van der Waals surface area contributed by atoms with Crippen LogP contribution in [0.1, 0.15) is 19.4 Å². The highest BCUT2D eigenvalue weighted by Crippen LogP contribution is 2.18. The normalized spacial score (nSPS) is 12.2. The third kappa shape index (κ3) is 2.84. The molecule has 0 aliphatic rings. The topological polar surface area (TPSA) is 95.0 Å². The molecule has 0 saturated heterocycles. The van der Waals surface area contributed by atoms with Gasteiger partial charge < -0.3 is 16.2 Å². The van der Waals surface area contributed by atoms with Crippen molar-refractivity contribution in [1.82, 2.24) is 4.98 Å². The number of rotatable bonds is 4. The molecule has 5 nitrogen and oxygen atoms in total. The van der Waals surface area contributed by atoms with Gasteiger partial charge in [0, 0.05) is 6.20 Å². The van der Waals surface area contributed by atoms with Crippen LogP contribution in [0, 0.1) is 17.2 Å². The van der Waals surface area contributed by atoms with Crippen molar-refractivity contribution in [2.24, 2.45) is 5.92 Å². The number of aromatic nitrogens is 1. The van der Waals surface area contributed by atoms with E-state index in [1.54, 1.807) is 6.07 Å². The Morgan fingerprint density at radius 2 is 2.31 bits per heavy atom. The number of aliphatic hydroxyl groups excluding tert-OH is 1. The first-order valence-corrected chi connectivity index (χ1v) is 5.11. The first kappa shape index (κ1) is 12.3. The number of anilines is 2. The number of nitrogen functional groups attached to an aromatic ring is 1. The molecule has 1 aromatic rings. The van der Waals surface area contributed by atoms with E-state index < -0.39 is 0 Å². The molecule has 0 aliphatic heterocycles. The van der Waals surface area contributed by atoms with E-state index in [4.69, 9.17) is 16.1 Å². The molecule has 1 aromatic heterocycles. The highest BCUT2D eigenvalue weighted by atomic mass is 16.3. The number of nitriles is 1. The average molecular weight is 220 g/mol. The fourth-order valence-electron chi connectivity index (χ4n) is 1.26. The van der Waals surface area contributed by atoms with Crippen molar-refractivity contribution in [2.45, 2.75) is 19.9 Å². The smallest absolute Gasteiger partial charge is 0.149 e. The molecular formula is C11H16N4O. The van der Waals surface area contributed by atoms with Gasteiger partial charge in [-0.25, -0.2) is 4.98 Å². The van der Waals surface area contributed by atoms with Crippen molar-refractivity contribution in [2.75, 3.05) is 17.7 Å². The SMILES string of the molecule is CC(C)C(CO)Nc1ncc(C#N)cc1N. The molecule has 16 heavy (non-hydrogen) atoms. The summed E-state index contributed by atoms with van der Waals surface area (Å²) in [6, 6.07) is 3.43. The monoisotopic (exact) mass is 220 g/mol. The number of nitrogens with one attached hydrogen (secondary N) is 1. The summed E-state index contributed by atoms with van der Waals surface area (Å²) in [7, 11) is 0. The third-order valence-corrected chi connectivity index (χ3v) is 2.37. The minimum Gasteiger partial charge on any atom is -0.396 e. The largest absolute Gasteiger partial charge is 0.396 e. The van der Waals surface area contributed by atoms with Gasteiger partial charge in [0.05, 0.1) is 23.9 Å². The van der Waals surface area contributed by atoms with E-state index in [1.165, 1.54) is 6.20 Å². The summed E-state index contributed by atoms with van der Waals surface area (Å²) in [5.74, 6) is 0.772. The lowest BCUT2D eigenvalue weighted by atomic mass is 10.1. The summed E-state index contributed by atoms with van der Waals surface area (Å²) in [6.45, 7) is 4.00. The van der Waals surface area contributed by atoms with Crippen molar-refractivity contribution < 1.29 is 5.11 Å². The summed E-state index contributed by atoms with van der Waals surface area (Å²) in [6.07, 6.45) is 1.45. The van der Waals surface area contributed by atoms with Gasteiger partial charge in [0.15, 0.2) is 0 Å². The third-order valence-electron chi connectivity index (χ3n) is 2.37. The Balaban J connectivity index is 2.86. The van der Waals surface area contributed by atoms with Gasteiger partial charge in [-0.15, -0.1) is 0 Å². The molecule has 1 unspecified atom stereocenters. The Bertz CT molecular complexity index is 397. The van der Waals surface area contributed by atoms with Gasteiger partial charge in [0.25, 0.3) is 0 Å². The molecular weight excluding hydrogens is 204 g/mol. The maximum absolute atomic E-state index is 9.17. The first-order valence-electron chi connectivity index (χ1n) is 5.11. The minimum atomic E-state index is -0.0947. The van der Waals surface area contributed by atoms with Crippen LogP contribution in [-0.4, -0.2) is 22.7 Å². The molecule has 0 saturated carbocycles. The van der Waals surface area contributed by atoms with Crippen LogP contribution in [-0.2, 0) is 0 Å². The van der Waals surface area contributed by atoms with E-state index in [1.807, 2.05) is 19.9 Å². The maximum atomic E-state index is 9.17. The van der Waals surface area contributed by atoms with Crippen molar-refractivity contribution in [3.8, 4) is 6.07 Å². The number of nitrogens with two attached hydrogens (primary N) is 1. The maximum Gasteiger partial charge on any atom is 0.149 e. The number of pyridine rings is 1. The molecule has 1 atom stereocenters. The summed E-state index contributed by atoms with van der Waals surface area (Å²) in [5, 5.41) is 20.9. The zero-order chi connectivity index (χ0) is 12.1. The number of hydrogen-bond donors (Lipinski definition) is 3. The second kappa shape index (κ2) is 5.33. The lowest BCUT2D eigenvalue weighted by Gasteiger charge is -2.21. The number of hydrogen-bond acceptors (Lipinski definition) is 5. The second-order valence-electron chi connectivity index (χ2n) is 3.95. The Labute approximate surface area is 94.9 Å². The zero-order valence-corrected chi connectivity index (χ0v) is 9.44. The van der Waals surface area contributed by atoms with Crippen molar-refractivity contribution >= 4 is 11.5 Å². The summed E-state index contributed by atoms with van der Waals surface area (Å²) in [5.41, 5.74) is 6.58. The van der Waals surface area contributed by atoms with E-state index in [0.29, 0.717) is 17.1 Å². The number of aliphatic hydroxyl groups is 1. The molecule has 0 spiro atoms. The highest BCUT2D eigenvalue weighted by Gasteiger charge is 2.13. The minimum absolute atomic E-state index is 0.0127. The van der Waals surface area contributed by atoms with Gasteiger partial charge in [-0.2, -0.15) is 5.26 Å². The predicted octanol–water partition coefficient (Wildman–Crippen LogP) is 0.964. The molecule has 0 amide bonds. The fourth-order valence-corrected chi connectivity index (χ4v) is 1.26. The van der Waals surface area contributed by atoms with Gasteiger partial charge in [0.2, 0.25) is 0 Å². The van der Waals surface area contributed by atoms with E-state index in [2.05, 4.69) is 10.3 Å². The van der Waals surface area contributed by atoms with Crippen LogP contribution in [0.4, 0.5) is 11.5 Å². The van der Waals surface area contributed by atoms with Crippen LogP contribution in [0.25, 0.3) is 0 Å². The molecule has 5 heteroatoms. The molecule has 0 aromatic carbocycles. The van der Waals surface area contributed by atoms with E-state index in [0.717, 1.165) is 0 Å². The Morgan fingerprint density at radius 1 is 1.62 bits per heavy atom. The second-order valence-corrected chi connectivity index (χ2v) is 3.95. The van der Waals surface area contributed by atoms with Crippen LogP contribution >= 0.6 is 0 Å². The van der Waals surface area contributed by atoms with Gasteiger partial charge in [-0.05, 0) is 12.0 Å². The van der Waals surface area contributed by atoms with E-state index in [9.17, 15) is 0 Å². The van der Waals surface area contributed by atoms with Crippen LogP contribution in [0.2, 0.25) is 0 Å².